The second-order valence-electron chi connectivity index (χ2n) is 3.95. The minimum atomic E-state index is 0.450. The van der Waals surface area contributed by atoms with E-state index in [-0.39, 0.29) is 0 Å². The van der Waals surface area contributed by atoms with E-state index in [1.807, 2.05) is 11.8 Å². The summed E-state index contributed by atoms with van der Waals surface area (Å²) in [5.41, 5.74) is 0. The predicted octanol–water partition coefficient (Wildman–Crippen LogP) is 1.75. The highest BCUT2D eigenvalue weighted by Gasteiger charge is 2.12. The van der Waals surface area contributed by atoms with Gasteiger partial charge in [0, 0.05) is 18.8 Å². The van der Waals surface area contributed by atoms with Gasteiger partial charge in [0.1, 0.15) is 0 Å². The zero-order valence-electron chi connectivity index (χ0n) is 8.71. The standard InChI is InChI=1S/C10H21NOS/c1-9(2)3-6-13-8-10-7-11-4-5-12-10/h9-11H,3-8H2,1-2H3. The quantitative estimate of drug-likeness (QED) is 0.688. The Bertz CT molecular complexity index is 124. The molecule has 0 aromatic heterocycles. The van der Waals surface area contributed by atoms with Gasteiger partial charge in [-0.25, -0.2) is 0 Å². The first-order chi connectivity index (χ1) is 6.29. The van der Waals surface area contributed by atoms with Crippen LogP contribution >= 0.6 is 11.8 Å². The van der Waals surface area contributed by atoms with E-state index in [9.17, 15) is 0 Å². The number of thioether (sulfide) groups is 1. The highest BCUT2D eigenvalue weighted by Crippen LogP contribution is 2.11. The molecular weight excluding hydrogens is 182 g/mol. The molecule has 0 spiro atoms. The second kappa shape index (κ2) is 6.68. The maximum Gasteiger partial charge on any atom is 0.0790 e. The lowest BCUT2D eigenvalue weighted by atomic mass is 10.2. The number of morpholine rings is 1. The Balaban J connectivity index is 1.92. The van der Waals surface area contributed by atoms with Crippen molar-refractivity contribution in [3.63, 3.8) is 0 Å². The fourth-order valence-electron chi connectivity index (χ4n) is 1.26. The van der Waals surface area contributed by atoms with E-state index in [2.05, 4.69) is 19.2 Å². The van der Waals surface area contributed by atoms with Gasteiger partial charge in [-0.05, 0) is 18.1 Å². The summed E-state index contributed by atoms with van der Waals surface area (Å²) in [7, 11) is 0. The SMILES string of the molecule is CC(C)CCSCC1CNCCO1. The summed E-state index contributed by atoms with van der Waals surface area (Å²) in [6.07, 6.45) is 1.77. The molecule has 0 saturated carbocycles. The lowest BCUT2D eigenvalue weighted by Gasteiger charge is -2.23. The summed E-state index contributed by atoms with van der Waals surface area (Å²) in [6, 6.07) is 0. The van der Waals surface area contributed by atoms with Gasteiger partial charge in [-0.2, -0.15) is 11.8 Å². The van der Waals surface area contributed by atoms with Crippen molar-refractivity contribution >= 4 is 11.8 Å². The molecule has 1 saturated heterocycles. The Morgan fingerprint density at radius 3 is 3.00 bits per heavy atom. The average molecular weight is 203 g/mol. The predicted molar refractivity (Wildman–Crippen MR) is 59.4 cm³/mol. The molecule has 1 atom stereocenters. The van der Waals surface area contributed by atoms with Crippen molar-refractivity contribution in [2.45, 2.75) is 26.4 Å². The van der Waals surface area contributed by atoms with Crippen LogP contribution in [0.5, 0.6) is 0 Å². The molecule has 2 nitrogen and oxygen atoms in total. The third-order valence-corrected chi connectivity index (χ3v) is 3.28. The fourth-order valence-corrected chi connectivity index (χ4v) is 2.54. The van der Waals surface area contributed by atoms with Gasteiger partial charge >= 0.3 is 0 Å². The van der Waals surface area contributed by atoms with Crippen LogP contribution in [-0.2, 0) is 4.74 Å². The third kappa shape index (κ3) is 5.55. The van der Waals surface area contributed by atoms with E-state index in [4.69, 9.17) is 4.74 Å². The summed E-state index contributed by atoms with van der Waals surface area (Å²) in [4.78, 5) is 0. The summed E-state index contributed by atoms with van der Waals surface area (Å²) in [5, 5.41) is 3.35. The van der Waals surface area contributed by atoms with Crippen LogP contribution in [-0.4, -0.2) is 37.3 Å². The molecule has 78 valence electrons. The second-order valence-corrected chi connectivity index (χ2v) is 5.10. The lowest BCUT2D eigenvalue weighted by Crippen LogP contribution is -2.39. The van der Waals surface area contributed by atoms with Crippen LogP contribution in [0.1, 0.15) is 20.3 Å². The molecule has 0 aliphatic carbocycles. The van der Waals surface area contributed by atoms with Crippen LogP contribution in [0.4, 0.5) is 0 Å². The van der Waals surface area contributed by atoms with Gasteiger partial charge in [-0.3, -0.25) is 0 Å². The van der Waals surface area contributed by atoms with Crippen LogP contribution in [0.2, 0.25) is 0 Å². The van der Waals surface area contributed by atoms with Crippen LogP contribution in [0.3, 0.4) is 0 Å². The lowest BCUT2D eigenvalue weighted by molar-refractivity contribution is 0.0441. The molecule has 0 aromatic carbocycles. The molecule has 0 radical (unpaired) electrons. The summed E-state index contributed by atoms with van der Waals surface area (Å²) >= 11 is 2.02. The molecule has 1 aliphatic rings. The largest absolute Gasteiger partial charge is 0.375 e. The van der Waals surface area contributed by atoms with Gasteiger partial charge in [-0.15, -0.1) is 0 Å². The molecule has 13 heavy (non-hydrogen) atoms. The molecule has 1 N–H and O–H groups in total. The Morgan fingerprint density at radius 2 is 2.38 bits per heavy atom. The number of nitrogens with one attached hydrogen (secondary N) is 1. The molecule has 0 bridgehead atoms. The van der Waals surface area contributed by atoms with Gasteiger partial charge in [0.25, 0.3) is 0 Å². The maximum absolute atomic E-state index is 5.60. The van der Waals surface area contributed by atoms with Gasteiger partial charge in [0.15, 0.2) is 0 Å². The molecule has 1 fully saturated rings. The zero-order chi connectivity index (χ0) is 9.52. The third-order valence-electron chi connectivity index (χ3n) is 2.15. The van der Waals surface area contributed by atoms with Crippen molar-refractivity contribution in [1.82, 2.24) is 5.32 Å². The first-order valence-corrected chi connectivity index (χ1v) is 6.34. The van der Waals surface area contributed by atoms with Crippen molar-refractivity contribution in [2.75, 3.05) is 31.2 Å². The van der Waals surface area contributed by atoms with Crippen LogP contribution in [0.25, 0.3) is 0 Å². The Kier molecular flexibility index (Phi) is 5.83. The Hall–Kier alpha value is 0.270. The van der Waals surface area contributed by atoms with Crippen molar-refractivity contribution < 1.29 is 4.74 Å². The number of rotatable bonds is 5. The highest BCUT2D eigenvalue weighted by atomic mass is 32.2. The molecule has 3 heteroatoms. The van der Waals surface area contributed by atoms with Gasteiger partial charge in [0.05, 0.1) is 12.7 Å². The summed E-state index contributed by atoms with van der Waals surface area (Å²) in [6.45, 7) is 7.50. The fraction of sp³-hybridized carbons (Fsp3) is 1.00. The molecular formula is C10H21NOS. The molecule has 1 unspecified atom stereocenters. The van der Waals surface area contributed by atoms with Crippen molar-refractivity contribution in [2.24, 2.45) is 5.92 Å². The summed E-state index contributed by atoms with van der Waals surface area (Å²) in [5.74, 6) is 3.26. The average Bonchev–Trinajstić information content (AvgIpc) is 2.14. The van der Waals surface area contributed by atoms with Crippen molar-refractivity contribution in [3.05, 3.63) is 0 Å². The van der Waals surface area contributed by atoms with Crippen molar-refractivity contribution in [3.8, 4) is 0 Å². The van der Waals surface area contributed by atoms with Gasteiger partial charge < -0.3 is 10.1 Å². The zero-order valence-corrected chi connectivity index (χ0v) is 9.53. The Morgan fingerprint density at radius 1 is 1.54 bits per heavy atom. The highest BCUT2D eigenvalue weighted by molar-refractivity contribution is 7.99. The minimum Gasteiger partial charge on any atom is -0.375 e. The number of hydrogen-bond donors (Lipinski definition) is 1. The molecule has 1 aliphatic heterocycles. The maximum atomic E-state index is 5.60. The van der Waals surface area contributed by atoms with Crippen LogP contribution in [0.15, 0.2) is 0 Å². The van der Waals surface area contributed by atoms with E-state index >= 15 is 0 Å². The molecule has 0 amide bonds. The molecule has 1 heterocycles. The molecule has 1 rings (SSSR count). The summed E-state index contributed by atoms with van der Waals surface area (Å²) < 4.78 is 5.60. The van der Waals surface area contributed by atoms with Crippen LogP contribution < -0.4 is 5.32 Å². The smallest absolute Gasteiger partial charge is 0.0790 e. The monoisotopic (exact) mass is 203 g/mol. The van der Waals surface area contributed by atoms with E-state index in [0.29, 0.717) is 6.10 Å². The van der Waals surface area contributed by atoms with E-state index < -0.39 is 0 Å². The van der Waals surface area contributed by atoms with Gasteiger partial charge in [-0.1, -0.05) is 13.8 Å². The van der Waals surface area contributed by atoms with Crippen molar-refractivity contribution in [1.29, 1.82) is 0 Å². The first-order valence-electron chi connectivity index (χ1n) is 5.19. The number of hydrogen-bond acceptors (Lipinski definition) is 3. The van der Waals surface area contributed by atoms with Gasteiger partial charge in [0.2, 0.25) is 0 Å². The topological polar surface area (TPSA) is 21.3 Å². The molecule has 0 aromatic rings. The van der Waals surface area contributed by atoms with Crippen LogP contribution in [0, 0.1) is 5.92 Å². The first kappa shape index (κ1) is 11.3. The Labute approximate surface area is 85.8 Å². The van der Waals surface area contributed by atoms with E-state index in [1.54, 1.807) is 0 Å². The normalized spacial score (nSPS) is 23.8. The minimum absolute atomic E-state index is 0.450. The number of ether oxygens (including phenoxy) is 1. The van der Waals surface area contributed by atoms with E-state index in [1.165, 1.54) is 12.2 Å². The van der Waals surface area contributed by atoms with E-state index in [0.717, 1.165) is 31.4 Å².